The Labute approximate surface area is 143 Å². The van der Waals surface area contributed by atoms with Crippen LogP contribution in [0.4, 0.5) is 10.1 Å². The number of carbonyl (C=O) groups is 2. The van der Waals surface area contributed by atoms with Gasteiger partial charge in [0.1, 0.15) is 24.3 Å². The van der Waals surface area contributed by atoms with E-state index < -0.39 is 11.4 Å². The van der Waals surface area contributed by atoms with Crippen LogP contribution in [0, 0.1) is 5.82 Å². The van der Waals surface area contributed by atoms with E-state index in [1.807, 2.05) is 0 Å². The fourth-order valence-electron chi connectivity index (χ4n) is 3.34. The Kier molecular flexibility index (Phi) is 3.76. The zero-order valence-corrected chi connectivity index (χ0v) is 13.4. The Hall–Kier alpha value is -2.74. The van der Waals surface area contributed by atoms with Gasteiger partial charge in [0.15, 0.2) is 12.1 Å². The Bertz CT molecular complexity index is 810. The number of rotatable bonds is 2. The lowest BCUT2D eigenvalue weighted by atomic mass is 10.00. The summed E-state index contributed by atoms with van der Waals surface area (Å²) in [6.45, 7) is 1.02. The van der Waals surface area contributed by atoms with Crippen molar-refractivity contribution in [3.8, 4) is 0 Å². The topological polar surface area (TPSA) is 75.9 Å². The molecule has 2 aliphatic rings. The standard InChI is InChI=1S/C17H16FN3O4/c18-12-2-1-3-13(6-12)21-10-17(25-8-15(21)22)4-5-20(9-17)16(23)14-7-24-11-19-14/h1-3,6-7,11H,4-5,8-10H2. The van der Waals surface area contributed by atoms with E-state index in [4.69, 9.17) is 9.15 Å². The van der Waals surface area contributed by atoms with Gasteiger partial charge in [-0.25, -0.2) is 9.37 Å². The van der Waals surface area contributed by atoms with E-state index in [1.165, 1.54) is 29.7 Å². The average Bonchev–Trinajstić information content (AvgIpc) is 3.27. The summed E-state index contributed by atoms with van der Waals surface area (Å²) in [4.78, 5) is 31.7. The summed E-state index contributed by atoms with van der Waals surface area (Å²) < 4.78 is 24.2. The molecule has 0 radical (unpaired) electrons. The Morgan fingerprint density at radius 3 is 2.96 bits per heavy atom. The maximum atomic E-state index is 13.5. The molecule has 1 spiro atoms. The molecule has 4 rings (SSSR count). The zero-order chi connectivity index (χ0) is 17.4. The minimum absolute atomic E-state index is 0.0947. The van der Waals surface area contributed by atoms with Crippen LogP contribution in [0.3, 0.4) is 0 Å². The Morgan fingerprint density at radius 2 is 2.20 bits per heavy atom. The van der Waals surface area contributed by atoms with Gasteiger partial charge in [-0.15, -0.1) is 0 Å². The molecule has 2 fully saturated rings. The maximum Gasteiger partial charge on any atom is 0.275 e. The predicted octanol–water partition coefficient (Wildman–Crippen LogP) is 1.46. The SMILES string of the molecule is O=C(c1cocn1)N1CCC2(C1)CN(c1cccc(F)c1)C(=O)CO2. The number of benzene rings is 1. The van der Waals surface area contributed by atoms with Crippen molar-refractivity contribution in [2.45, 2.75) is 12.0 Å². The summed E-state index contributed by atoms with van der Waals surface area (Å²) in [7, 11) is 0. The number of aromatic nitrogens is 1. The van der Waals surface area contributed by atoms with Crippen molar-refractivity contribution in [3.63, 3.8) is 0 Å². The van der Waals surface area contributed by atoms with Crippen LogP contribution in [0.15, 0.2) is 41.3 Å². The molecule has 25 heavy (non-hydrogen) atoms. The second-order valence-corrected chi connectivity index (χ2v) is 6.28. The molecule has 1 unspecified atom stereocenters. The van der Waals surface area contributed by atoms with Gasteiger partial charge in [0, 0.05) is 12.2 Å². The minimum Gasteiger partial charge on any atom is -0.451 e. The number of hydrogen-bond donors (Lipinski definition) is 0. The molecule has 0 N–H and O–H groups in total. The molecule has 8 heteroatoms. The van der Waals surface area contributed by atoms with E-state index >= 15 is 0 Å². The molecule has 130 valence electrons. The maximum absolute atomic E-state index is 13.5. The van der Waals surface area contributed by atoms with Gasteiger partial charge in [0.05, 0.1) is 13.1 Å². The van der Waals surface area contributed by atoms with E-state index in [0.29, 0.717) is 25.2 Å². The molecule has 1 aromatic heterocycles. The van der Waals surface area contributed by atoms with Crippen molar-refractivity contribution in [2.24, 2.45) is 0 Å². The quantitative estimate of drug-likeness (QED) is 0.824. The molecule has 7 nitrogen and oxygen atoms in total. The van der Waals surface area contributed by atoms with Crippen LogP contribution in [0.25, 0.3) is 0 Å². The normalized spacial score (nSPS) is 23.5. The van der Waals surface area contributed by atoms with Crippen molar-refractivity contribution in [1.29, 1.82) is 0 Å². The minimum atomic E-state index is -0.653. The Balaban J connectivity index is 1.53. The zero-order valence-electron chi connectivity index (χ0n) is 13.4. The Morgan fingerprint density at radius 1 is 1.32 bits per heavy atom. The van der Waals surface area contributed by atoms with Gasteiger partial charge >= 0.3 is 0 Å². The summed E-state index contributed by atoms with van der Waals surface area (Å²) >= 11 is 0. The molecular formula is C17H16FN3O4. The van der Waals surface area contributed by atoms with Gasteiger partial charge in [-0.05, 0) is 24.6 Å². The predicted molar refractivity (Wildman–Crippen MR) is 84.5 cm³/mol. The number of oxazole rings is 1. The highest BCUT2D eigenvalue weighted by Crippen LogP contribution is 2.32. The largest absolute Gasteiger partial charge is 0.451 e. The van der Waals surface area contributed by atoms with Crippen LogP contribution in [-0.4, -0.2) is 53.5 Å². The van der Waals surface area contributed by atoms with E-state index in [9.17, 15) is 14.0 Å². The number of nitrogens with zero attached hydrogens (tertiary/aromatic N) is 3. The molecule has 1 atom stereocenters. The third kappa shape index (κ3) is 2.89. The molecule has 0 bridgehead atoms. The van der Waals surface area contributed by atoms with Crippen molar-refractivity contribution < 1.29 is 23.1 Å². The highest BCUT2D eigenvalue weighted by Gasteiger charge is 2.47. The fraction of sp³-hybridized carbons (Fsp3) is 0.353. The van der Waals surface area contributed by atoms with Crippen LogP contribution in [0.2, 0.25) is 0 Å². The van der Waals surface area contributed by atoms with Gasteiger partial charge in [-0.2, -0.15) is 0 Å². The highest BCUT2D eigenvalue weighted by atomic mass is 19.1. The van der Waals surface area contributed by atoms with Crippen molar-refractivity contribution >= 4 is 17.5 Å². The van der Waals surface area contributed by atoms with Crippen molar-refractivity contribution in [2.75, 3.05) is 31.1 Å². The lowest BCUT2D eigenvalue weighted by Crippen LogP contribution is -2.56. The first-order valence-electron chi connectivity index (χ1n) is 7.94. The lowest BCUT2D eigenvalue weighted by molar-refractivity contribution is -0.137. The first-order chi connectivity index (χ1) is 12.1. The van der Waals surface area contributed by atoms with E-state index in [2.05, 4.69) is 4.98 Å². The van der Waals surface area contributed by atoms with E-state index in [-0.39, 0.29) is 30.7 Å². The molecule has 1 aromatic carbocycles. The number of hydrogen-bond acceptors (Lipinski definition) is 5. The molecular weight excluding hydrogens is 329 g/mol. The monoisotopic (exact) mass is 345 g/mol. The van der Waals surface area contributed by atoms with E-state index in [1.54, 1.807) is 17.0 Å². The summed E-state index contributed by atoms with van der Waals surface area (Å²) in [5.41, 5.74) is 0.0828. The van der Waals surface area contributed by atoms with Gasteiger partial charge < -0.3 is 19.0 Å². The molecule has 3 heterocycles. The van der Waals surface area contributed by atoms with Gasteiger partial charge in [0.2, 0.25) is 0 Å². The summed E-state index contributed by atoms with van der Waals surface area (Å²) in [5.74, 6) is -0.860. The number of halogens is 1. The van der Waals surface area contributed by atoms with Crippen LogP contribution in [-0.2, 0) is 9.53 Å². The lowest BCUT2D eigenvalue weighted by Gasteiger charge is -2.40. The molecule has 2 amide bonds. The van der Waals surface area contributed by atoms with Crippen LogP contribution in [0.5, 0.6) is 0 Å². The average molecular weight is 345 g/mol. The van der Waals surface area contributed by atoms with Gasteiger partial charge in [0.25, 0.3) is 11.8 Å². The van der Waals surface area contributed by atoms with Crippen LogP contribution >= 0.6 is 0 Å². The fourth-order valence-corrected chi connectivity index (χ4v) is 3.34. The molecule has 2 aliphatic heterocycles. The molecule has 0 saturated carbocycles. The number of anilines is 1. The summed E-state index contributed by atoms with van der Waals surface area (Å²) in [6, 6.07) is 5.91. The number of carbonyl (C=O) groups excluding carboxylic acids is 2. The smallest absolute Gasteiger partial charge is 0.275 e. The third-order valence-electron chi connectivity index (χ3n) is 4.62. The summed E-state index contributed by atoms with van der Waals surface area (Å²) in [5, 5.41) is 0. The number of ether oxygens (including phenoxy) is 1. The number of morpholine rings is 1. The van der Waals surface area contributed by atoms with Crippen LogP contribution < -0.4 is 4.90 Å². The second kappa shape index (κ2) is 5.96. The van der Waals surface area contributed by atoms with Gasteiger partial charge in [-0.1, -0.05) is 6.07 Å². The first-order valence-corrected chi connectivity index (χ1v) is 7.94. The van der Waals surface area contributed by atoms with Gasteiger partial charge in [-0.3, -0.25) is 9.59 Å². The summed E-state index contributed by atoms with van der Waals surface area (Å²) in [6.07, 6.45) is 3.11. The second-order valence-electron chi connectivity index (χ2n) is 6.28. The van der Waals surface area contributed by atoms with E-state index in [0.717, 1.165) is 0 Å². The van der Waals surface area contributed by atoms with Crippen molar-refractivity contribution in [1.82, 2.24) is 9.88 Å². The van der Waals surface area contributed by atoms with Crippen LogP contribution in [0.1, 0.15) is 16.9 Å². The number of likely N-dealkylation sites (tertiary alicyclic amines) is 1. The highest BCUT2D eigenvalue weighted by molar-refractivity contribution is 5.95. The molecule has 2 aromatic rings. The molecule has 2 saturated heterocycles. The van der Waals surface area contributed by atoms with Crippen molar-refractivity contribution in [3.05, 3.63) is 48.4 Å². The number of amides is 2. The molecule has 0 aliphatic carbocycles. The third-order valence-corrected chi connectivity index (χ3v) is 4.62. The first kappa shape index (κ1) is 15.8.